The van der Waals surface area contributed by atoms with Crippen LogP contribution in [0.4, 0.5) is 0 Å². The first-order valence-electron chi connectivity index (χ1n) is 8.87. The molecule has 1 aliphatic heterocycles. The molecule has 2 aromatic rings. The largest absolute Gasteiger partial charge is 0.497 e. The SMILES string of the molecule is COc1cccc(S(=O)(=O)CCN2C[C@@H](CN)[C@H](c3ccccc3)C2)c1. The van der Waals surface area contributed by atoms with E-state index >= 15 is 0 Å². The number of sulfone groups is 1. The third-order valence-electron chi connectivity index (χ3n) is 5.12. The Bertz CT molecular complexity index is 824. The summed E-state index contributed by atoms with van der Waals surface area (Å²) in [6.07, 6.45) is 0. The summed E-state index contributed by atoms with van der Waals surface area (Å²) in [5.74, 6) is 1.37. The molecule has 1 fully saturated rings. The van der Waals surface area contributed by atoms with E-state index in [-0.39, 0.29) is 5.75 Å². The lowest BCUT2D eigenvalue weighted by atomic mass is 9.89. The van der Waals surface area contributed by atoms with Crippen molar-refractivity contribution in [3.05, 3.63) is 60.2 Å². The number of nitrogens with zero attached hydrogens (tertiary/aromatic N) is 1. The Morgan fingerprint density at radius 3 is 2.58 bits per heavy atom. The summed E-state index contributed by atoms with van der Waals surface area (Å²) in [7, 11) is -1.81. The van der Waals surface area contributed by atoms with E-state index in [1.54, 1.807) is 24.3 Å². The third-order valence-corrected chi connectivity index (χ3v) is 6.82. The minimum Gasteiger partial charge on any atom is -0.497 e. The van der Waals surface area contributed by atoms with Gasteiger partial charge in [-0.2, -0.15) is 0 Å². The smallest absolute Gasteiger partial charge is 0.179 e. The fourth-order valence-corrected chi connectivity index (χ4v) is 4.94. The number of methoxy groups -OCH3 is 1. The van der Waals surface area contributed by atoms with Crippen LogP contribution >= 0.6 is 0 Å². The fourth-order valence-electron chi connectivity index (χ4n) is 3.62. The lowest BCUT2D eigenvalue weighted by molar-refractivity contribution is 0.343. The molecule has 6 heteroatoms. The Morgan fingerprint density at radius 1 is 1.12 bits per heavy atom. The number of ether oxygens (including phenoxy) is 1. The molecule has 5 nitrogen and oxygen atoms in total. The maximum absolute atomic E-state index is 12.7. The van der Waals surface area contributed by atoms with Gasteiger partial charge in [-0.15, -0.1) is 0 Å². The molecule has 2 N–H and O–H groups in total. The fraction of sp³-hybridized carbons (Fsp3) is 0.400. The van der Waals surface area contributed by atoms with Gasteiger partial charge in [0.15, 0.2) is 9.84 Å². The highest BCUT2D eigenvalue weighted by atomic mass is 32.2. The molecule has 0 amide bonds. The van der Waals surface area contributed by atoms with Crippen LogP contribution in [0.1, 0.15) is 11.5 Å². The molecule has 0 aromatic heterocycles. The van der Waals surface area contributed by atoms with Crippen LogP contribution in [0.25, 0.3) is 0 Å². The third kappa shape index (κ3) is 4.26. The van der Waals surface area contributed by atoms with Gasteiger partial charge in [0.2, 0.25) is 0 Å². The van der Waals surface area contributed by atoms with Gasteiger partial charge >= 0.3 is 0 Å². The van der Waals surface area contributed by atoms with Gasteiger partial charge in [0, 0.05) is 25.6 Å². The van der Waals surface area contributed by atoms with E-state index in [2.05, 4.69) is 17.0 Å². The number of rotatable bonds is 7. The van der Waals surface area contributed by atoms with E-state index in [1.807, 2.05) is 18.2 Å². The van der Waals surface area contributed by atoms with Crippen molar-refractivity contribution < 1.29 is 13.2 Å². The van der Waals surface area contributed by atoms with Gasteiger partial charge in [0.05, 0.1) is 17.8 Å². The molecule has 3 rings (SSSR count). The lowest BCUT2D eigenvalue weighted by Gasteiger charge is -2.17. The van der Waals surface area contributed by atoms with Crippen molar-refractivity contribution in [1.29, 1.82) is 0 Å². The predicted octanol–water partition coefficient (Wildman–Crippen LogP) is 2.14. The van der Waals surface area contributed by atoms with Crippen LogP contribution in [0.5, 0.6) is 5.75 Å². The van der Waals surface area contributed by atoms with Crippen LogP contribution < -0.4 is 10.5 Å². The van der Waals surface area contributed by atoms with Crippen molar-refractivity contribution in [2.75, 3.05) is 39.0 Å². The highest BCUT2D eigenvalue weighted by Crippen LogP contribution is 2.32. The average Bonchev–Trinajstić information content (AvgIpc) is 3.11. The second-order valence-corrected chi connectivity index (χ2v) is 8.88. The number of nitrogens with two attached hydrogens (primary N) is 1. The molecule has 1 saturated heterocycles. The quantitative estimate of drug-likeness (QED) is 0.804. The highest BCUT2D eigenvalue weighted by molar-refractivity contribution is 7.91. The van der Waals surface area contributed by atoms with Crippen LogP contribution in [0, 0.1) is 5.92 Å². The molecular formula is C20H26N2O3S. The normalized spacial score (nSPS) is 21.0. The zero-order chi connectivity index (χ0) is 18.6. The molecule has 0 bridgehead atoms. The first-order valence-corrected chi connectivity index (χ1v) is 10.5. The summed E-state index contributed by atoms with van der Waals surface area (Å²) < 4.78 is 30.4. The maximum Gasteiger partial charge on any atom is 0.179 e. The van der Waals surface area contributed by atoms with Gasteiger partial charge < -0.3 is 15.4 Å². The Morgan fingerprint density at radius 2 is 1.88 bits per heavy atom. The molecule has 0 unspecified atom stereocenters. The zero-order valence-electron chi connectivity index (χ0n) is 15.0. The summed E-state index contributed by atoms with van der Waals surface area (Å²) >= 11 is 0. The first-order chi connectivity index (χ1) is 12.5. The molecule has 0 radical (unpaired) electrons. The van der Waals surface area contributed by atoms with Crippen LogP contribution in [0.15, 0.2) is 59.5 Å². The summed E-state index contributed by atoms with van der Waals surface area (Å²) in [5.41, 5.74) is 7.25. The molecule has 140 valence electrons. The van der Waals surface area contributed by atoms with E-state index < -0.39 is 9.84 Å². The van der Waals surface area contributed by atoms with Gasteiger partial charge in [-0.25, -0.2) is 8.42 Å². The number of benzene rings is 2. The van der Waals surface area contributed by atoms with Gasteiger partial charge in [0.25, 0.3) is 0 Å². The Hall–Kier alpha value is -1.89. The minimum atomic E-state index is -3.34. The molecule has 2 aromatic carbocycles. The van der Waals surface area contributed by atoms with Gasteiger partial charge in [-0.1, -0.05) is 36.4 Å². The predicted molar refractivity (Wildman–Crippen MR) is 103 cm³/mol. The Balaban J connectivity index is 1.66. The second kappa shape index (κ2) is 8.20. The molecular weight excluding hydrogens is 348 g/mol. The summed E-state index contributed by atoms with van der Waals surface area (Å²) in [5, 5.41) is 0. The van der Waals surface area contributed by atoms with Gasteiger partial charge in [0.1, 0.15) is 5.75 Å². The van der Waals surface area contributed by atoms with Crippen molar-refractivity contribution in [1.82, 2.24) is 4.90 Å². The molecule has 26 heavy (non-hydrogen) atoms. The second-order valence-electron chi connectivity index (χ2n) is 6.77. The molecule has 1 heterocycles. The Labute approximate surface area is 155 Å². The zero-order valence-corrected chi connectivity index (χ0v) is 15.9. The van der Waals surface area contributed by atoms with Crippen molar-refractivity contribution in [3.8, 4) is 5.75 Å². The van der Waals surface area contributed by atoms with Crippen molar-refractivity contribution in [2.24, 2.45) is 11.7 Å². The topological polar surface area (TPSA) is 72.6 Å². The minimum absolute atomic E-state index is 0.0962. The number of hydrogen-bond acceptors (Lipinski definition) is 5. The number of hydrogen-bond donors (Lipinski definition) is 1. The van der Waals surface area contributed by atoms with Crippen molar-refractivity contribution >= 4 is 9.84 Å². The summed E-state index contributed by atoms with van der Waals surface area (Å²) in [4.78, 5) is 2.53. The number of likely N-dealkylation sites (tertiary alicyclic amines) is 1. The van der Waals surface area contributed by atoms with E-state index in [0.29, 0.717) is 35.6 Å². The monoisotopic (exact) mass is 374 g/mol. The summed E-state index contributed by atoms with van der Waals surface area (Å²) in [6, 6.07) is 17.0. The Kier molecular flexibility index (Phi) is 5.96. The van der Waals surface area contributed by atoms with Crippen molar-refractivity contribution in [2.45, 2.75) is 10.8 Å². The standard InChI is InChI=1S/C20H26N2O3S/c1-25-18-8-5-9-19(12-18)26(23,24)11-10-22-14-17(13-21)20(15-22)16-6-3-2-4-7-16/h2-9,12,17,20H,10-11,13-15,21H2,1H3/t17-,20+/m1/s1. The maximum atomic E-state index is 12.7. The van der Waals surface area contributed by atoms with E-state index in [9.17, 15) is 8.42 Å². The molecule has 0 spiro atoms. The highest BCUT2D eigenvalue weighted by Gasteiger charge is 2.33. The lowest BCUT2D eigenvalue weighted by Crippen LogP contribution is -2.28. The first kappa shape index (κ1) is 18.9. The van der Waals surface area contributed by atoms with Gasteiger partial charge in [-0.3, -0.25) is 0 Å². The molecule has 2 atom stereocenters. The van der Waals surface area contributed by atoms with Crippen LogP contribution in [0.3, 0.4) is 0 Å². The van der Waals surface area contributed by atoms with Crippen LogP contribution in [0.2, 0.25) is 0 Å². The molecule has 0 aliphatic carbocycles. The molecule has 0 saturated carbocycles. The average molecular weight is 375 g/mol. The van der Waals surface area contributed by atoms with E-state index in [0.717, 1.165) is 13.1 Å². The molecule has 1 aliphatic rings. The van der Waals surface area contributed by atoms with Crippen LogP contribution in [-0.4, -0.2) is 52.4 Å². The van der Waals surface area contributed by atoms with Gasteiger partial charge in [-0.05, 0) is 36.2 Å². The van der Waals surface area contributed by atoms with Crippen molar-refractivity contribution in [3.63, 3.8) is 0 Å². The van der Waals surface area contributed by atoms with E-state index in [4.69, 9.17) is 10.5 Å². The summed E-state index contributed by atoms with van der Waals surface area (Å²) in [6.45, 7) is 2.81. The van der Waals surface area contributed by atoms with Crippen LogP contribution in [-0.2, 0) is 9.84 Å². The van der Waals surface area contributed by atoms with E-state index in [1.165, 1.54) is 12.7 Å².